The molecule has 0 bridgehead atoms. The second-order valence-corrected chi connectivity index (χ2v) is 5.70. The van der Waals surface area contributed by atoms with Crippen molar-refractivity contribution in [1.29, 1.82) is 0 Å². The summed E-state index contributed by atoms with van der Waals surface area (Å²) in [4.78, 5) is 2.66. The molecule has 64 valence electrons. The second-order valence-electron chi connectivity index (χ2n) is 3.94. The van der Waals surface area contributed by atoms with E-state index in [1.165, 1.54) is 45.3 Å². The molecule has 0 aromatic rings. The summed E-state index contributed by atoms with van der Waals surface area (Å²) in [5.41, 5.74) is 0. The van der Waals surface area contributed by atoms with Gasteiger partial charge in [-0.15, -0.1) is 0 Å². The highest BCUT2D eigenvalue weighted by molar-refractivity contribution is 14.1. The molecule has 1 aliphatic heterocycles. The maximum atomic E-state index is 2.66. The Kier molecular flexibility index (Phi) is 2.72. The molecule has 11 heavy (non-hydrogen) atoms. The SMILES string of the molecule is I[C@@H]1CCCN(CC2CC2)C1. The molecule has 0 N–H and O–H groups in total. The number of hydrogen-bond acceptors (Lipinski definition) is 1. The van der Waals surface area contributed by atoms with Crippen molar-refractivity contribution in [2.75, 3.05) is 19.6 Å². The predicted octanol–water partition coefficient (Wildman–Crippen LogP) is 2.30. The third-order valence-corrected chi connectivity index (χ3v) is 3.68. The summed E-state index contributed by atoms with van der Waals surface area (Å²) in [6, 6.07) is 0. The largest absolute Gasteiger partial charge is 0.302 e. The first-order valence-corrected chi connectivity index (χ1v) is 5.95. The summed E-state index contributed by atoms with van der Waals surface area (Å²) in [6.07, 6.45) is 5.88. The van der Waals surface area contributed by atoms with E-state index in [4.69, 9.17) is 0 Å². The Balaban J connectivity index is 1.73. The zero-order chi connectivity index (χ0) is 7.68. The van der Waals surface area contributed by atoms with E-state index >= 15 is 0 Å². The van der Waals surface area contributed by atoms with Crippen LogP contribution in [-0.2, 0) is 0 Å². The van der Waals surface area contributed by atoms with Crippen LogP contribution in [0, 0.1) is 5.92 Å². The van der Waals surface area contributed by atoms with Crippen LogP contribution in [0.2, 0.25) is 0 Å². The van der Waals surface area contributed by atoms with Gasteiger partial charge in [-0.1, -0.05) is 22.6 Å². The number of hydrogen-bond donors (Lipinski definition) is 0. The van der Waals surface area contributed by atoms with E-state index in [2.05, 4.69) is 27.5 Å². The van der Waals surface area contributed by atoms with E-state index in [9.17, 15) is 0 Å². The average Bonchev–Trinajstić information content (AvgIpc) is 2.71. The van der Waals surface area contributed by atoms with Crippen LogP contribution in [0.25, 0.3) is 0 Å². The van der Waals surface area contributed by atoms with E-state index < -0.39 is 0 Å². The normalized spacial score (nSPS) is 34.1. The Morgan fingerprint density at radius 2 is 2.09 bits per heavy atom. The molecule has 2 aliphatic rings. The van der Waals surface area contributed by atoms with Crippen molar-refractivity contribution >= 4 is 22.6 Å². The lowest BCUT2D eigenvalue weighted by Gasteiger charge is -2.29. The quantitative estimate of drug-likeness (QED) is 0.547. The minimum atomic E-state index is 0.931. The average molecular weight is 265 g/mol. The van der Waals surface area contributed by atoms with Gasteiger partial charge in [-0.2, -0.15) is 0 Å². The van der Waals surface area contributed by atoms with Crippen molar-refractivity contribution in [3.8, 4) is 0 Å². The molecule has 2 fully saturated rings. The number of halogens is 1. The zero-order valence-electron chi connectivity index (χ0n) is 6.93. The van der Waals surface area contributed by atoms with E-state index in [0.29, 0.717) is 0 Å². The lowest BCUT2D eigenvalue weighted by atomic mass is 10.1. The summed E-state index contributed by atoms with van der Waals surface area (Å²) in [6.45, 7) is 4.13. The van der Waals surface area contributed by atoms with E-state index in [1.54, 1.807) is 0 Å². The Labute approximate surface area is 82.7 Å². The van der Waals surface area contributed by atoms with Gasteiger partial charge in [-0.25, -0.2) is 0 Å². The molecule has 1 atom stereocenters. The molecule has 0 radical (unpaired) electrons. The first-order valence-electron chi connectivity index (χ1n) is 4.71. The molecule has 0 spiro atoms. The maximum Gasteiger partial charge on any atom is 0.0237 e. The zero-order valence-corrected chi connectivity index (χ0v) is 9.09. The summed E-state index contributed by atoms with van der Waals surface area (Å²) >= 11 is 2.60. The lowest BCUT2D eigenvalue weighted by molar-refractivity contribution is 0.229. The molecule has 1 aliphatic carbocycles. The highest BCUT2D eigenvalue weighted by Crippen LogP contribution is 2.31. The number of nitrogens with zero attached hydrogens (tertiary/aromatic N) is 1. The monoisotopic (exact) mass is 265 g/mol. The molecule has 1 saturated carbocycles. The summed E-state index contributed by atoms with van der Waals surface area (Å²) < 4.78 is 0.931. The first kappa shape index (κ1) is 8.30. The molecule has 1 heterocycles. The second kappa shape index (κ2) is 3.60. The van der Waals surface area contributed by atoms with Crippen LogP contribution in [0.15, 0.2) is 0 Å². The van der Waals surface area contributed by atoms with Crippen LogP contribution < -0.4 is 0 Å². The molecule has 0 amide bonds. The van der Waals surface area contributed by atoms with Crippen molar-refractivity contribution in [3.63, 3.8) is 0 Å². The minimum absolute atomic E-state index is 0.931. The van der Waals surface area contributed by atoms with Crippen molar-refractivity contribution < 1.29 is 0 Å². The Morgan fingerprint density at radius 3 is 2.73 bits per heavy atom. The van der Waals surface area contributed by atoms with Gasteiger partial charge in [0, 0.05) is 17.0 Å². The van der Waals surface area contributed by atoms with Crippen molar-refractivity contribution in [2.45, 2.75) is 29.6 Å². The van der Waals surface area contributed by atoms with Crippen LogP contribution in [0.4, 0.5) is 0 Å². The topological polar surface area (TPSA) is 3.24 Å². The molecule has 2 heteroatoms. The van der Waals surface area contributed by atoms with Crippen molar-refractivity contribution in [3.05, 3.63) is 0 Å². The predicted molar refractivity (Wildman–Crippen MR) is 56.2 cm³/mol. The van der Waals surface area contributed by atoms with Gasteiger partial charge in [-0.3, -0.25) is 0 Å². The minimum Gasteiger partial charge on any atom is -0.302 e. The molecular weight excluding hydrogens is 249 g/mol. The fraction of sp³-hybridized carbons (Fsp3) is 1.00. The van der Waals surface area contributed by atoms with Gasteiger partial charge in [0.05, 0.1) is 0 Å². The fourth-order valence-electron chi connectivity index (χ4n) is 1.83. The van der Waals surface area contributed by atoms with Crippen LogP contribution in [-0.4, -0.2) is 28.5 Å². The van der Waals surface area contributed by atoms with Gasteiger partial charge < -0.3 is 4.90 Å². The van der Waals surface area contributed by atoms with Gasteiger partial charge in [0.25, 0.3) is 0 Å². The Hall–Kier alpha value is 0.690. The molecule has 1 saturated heterocycles. The van der Waals surface area contributed by atoms with Gasteiger partial charge >= 0.3 is 0 Å². The van der Waals surface area contributed by atoms with E-state index in [-0.39, 0.29) is 0 Å². The molecule has 0 aromatic heterocycles. The number of rotatable bonds is 2. The third kappa shape index (κ3) is 2.58. The highest BCUT2D eigenvalue weighted by Gasteiger charge is 2.26. The smallest absolute Gasteiger partial charge is 0.0237 e. The van der Waals surface area contributed by atoms with E-state index in [1.807, 2.05) is 0 Å². The summed E-state index contributed by atoms with van der Waals surface area (Å²) in [5, 5.41) is 0. The summed E-state index contributed by atoms with van der Waals surface area (Å²) in [5.74, 6) is 1.08. The van der Waals surface area contributed by atoms with Crippen LogP contribution in [0.5, 0.6) is 0 Å². The van der Waals surface area contributed by atoms with Crippen LogP contribution >= 0.6 is 22.6 Å². The van der Waals surface area contributed by atoms with Gasteiger partial charge in [0.2, 0.25) is 0 Å². The third-order valence-electron chi connectivity index (χ3n) is 2.66. The van der Waals surface area contributed by atoms with Gasteiger partial charge in [0.15, 0.2) is 0 Å². The van der Waals surface area contributed by atoms with Crippen molar-refractivity contribution in [1.82, 2.24) is 4.90 Å². The molecule has 2 rings (SSSR count). The Bertz CT molecular complexity index is 132. The van der Waals surface area contributed by atoms with E-state index in [0.717, 1.165) is 9.84 Å². The summed E-state index contributed by atoms with van der Waals surface area (Å²) in [7, 11) is 0. The van der Waals surface area contributed by atoms with Gasteiger partial charge in [0.1, 0.15) is 0 Å². The fourth-order valence-corrected chi connectivity index (χ4v) is 2.83. The lowest BCUT2D eigenvalue weighted by Crippen LogP contribution is -2.36. The van der Waals surface area contributed by atoms with Crippen LogP contribution in [0.1, 0.15) is 25.7 Å². The van der Waals surface area contributed by atoms with Crippen LogP contribution in [0.3, 0.4) is 0 Å². The maximum absolute atomic E-state index is 2.66. The molecule has 1 nitrogen and oxygen atoms in total. The molecule has 0 aromatic carbocycles. The van der Waals surface area contributed by atoms with Crippen molar-refractivity contribution in [2.24, 2.45) is 5.92 Å². The van der Waals surface area contributed by atoms with Gasteiger partial charge in [-0.05, 0) is 38.1 Å². The number of alkyl halides is 1. The number of piperidine rings is 1. The first-order chi connectivity index (χ1) is 5.34. The molecular formula is C9H16IN. The highest BCUT2D eigenvalue weighted by atomic mass is 127. The Morgan fingerprint density at radius 1 is 1.27 bits per heavy atom. The number of likely N-dealkylation sites (tertiary alicyclic amines) is 1. The standard InChI is InChI=1S/C9H16IN/c10-9-2-1-5-11(7-9)6-8-3-4-8/h8-9H,1-7H2/t9-/m1/s1. The molecule has 0 unspecified atom stereocenters.